The number of nitrogens with one attached hydrogen (secondary N) is 1. The fourth-order valence-corrected chi connectivity index (χ4v) is 3.83. The number of nitrogens with two attached hydrogens (primary N) is 1. The molecule has 128 valence electrons. The molecule has 0 saturated heterocycles. The van der Waals surface area contributed by atoms with Crippen LogP contribution in [0, 0.1) is 11.8 Å². The van der Waals surface area contributed by atoms with Crippen LogP contribution in [0.1, 0.15) is 56.6 Å². The van der Waals surface area contributed by atoms with E-state index in [9.17, 15) is 4.79 Å². The summed E-state index contributed by atoms with van der Waals surface area (Å²) in [6.45, 7) is 0. The molecule has 1 aromatic rings. The van der Waals surface area contributed by atoms with Crippen molar-refractivity contribution >= 4 is 29.9 Å². The quantitative estimate of drug-likeness (QED) is 0.828. The van der Waals surface area contributed by atoms with Crippen molar-refractivity contribution in [1.29, 1.82) is 0 Å². The van der Waals surface area contributed by atoms with Gasteiger partial charge in [0.25, 0.3) is 0 Å². The first-order valence-electron chi connectivity index (χ1n) is 8.44. The summed E-state index contributed by atoms with van der Waals surface area (Å²) in [5, 5.41) is 4.00. The van der Waals surface area contributed by atoms with E-state index in [1.54, 1.807) is 0 Å². The average Bonchev–Trinajstić information content (AvgIpc) is 2.82. The van der Waals surface area contributed by atoms with Gasteiger partial charge >= 0.3 is 0 Å². The zero-order valence-corrected chi connectivity index (χ0v) is 14.9. The van der Waals surface area contributed by atoms with Gasteiger partial charge in [0, 0.05) is 17.5 Å². The smallest absolute Gasteiger partial charge is 0.220 e. The van der Waals surface area contributed by atoms with Crippen LogP contribution < -0.4 is 11.1 Å². The summed E-state index contributed by atoms with van der Waals surface area (Å²) in [5.41, 5.74) is 7.25. The minimum Gasteiger partial charge on any atom is -0.349 e. The Labute approximate surface area is 149 Å². The van der Waals surface area contributed by atoms with Gasteiger partial charge < -0.3 is 11.1 Å². The van der Waals surface area contributed by atoms with Crippen LogP contribution in [0.15, 0.2) is 24.3 Å². The van der Waals surface area contributed by atoms with E-state index in [0.717, 1.165) is 29.8 Å². The zero-order valence-electron chi connectivity index (χ0n) is 13.3. The van der Waals surface area contributed by atoms with E-state index in [0.29, 0.717) is 18.3 Å². The molecule has 1 amide bonds. The van der Waals surface area contributed by atoms with Crippen molar-refractivity contribution in [3.8, 4) is 0 Å². The number of carbonyl (C=O) groups excluding carboxylic acids is 1. The average molecular weight is 357 g/mol. The first-order chi connectivity index (χ1) is 10.6. The Bertz CT molecular complexity index is 516. The molecule has 3 nitrogen and oxygen atoms in total. The van der Waals surface area contributed by atoms with Crippen molar-refractivity contribution in [1.82, 2.24) is 5.32 Å². The van der Waals surface area contributed by atoms with E-state index < -0.39 is 0 Å². The molecule has 5 heteroatoms. The maximum absolute atomic E-state index is 12.4. The molecular formula is C18H26Cl2N2O. The Morgan fingerprint density at radius 3 is 2.35 bits per heavy atom. The number of rotatable bonds is 5. The molecule has 3 atom stereocenters. The fourth-order valence-electron chi connectivity index (χ4n) is 3.71. The molecule has 0 spiro atoms. The van der Waals surface area contributed by atoms with E-state index >= 15 is 0 Å². The molecule has 1 aromatic carbocycles. The lowest BCUT2D eigenvalue weighted by Gasteiger charge is -2.35. The second-order valence-electron chi connectivity index (χ2n) is 6.85. The second-order valence-corrected chi connectivity index (χ2v) is 7.28. The SMILES string of the molecule is Cl.N[C@@H]1CCC[C@H]1CC(=O)NC(c1ccc(Cl)cc1)C1CCC1. The van der Waals surface area contributed by atoms with E-state index in [4.69, 9.17) is 17.3 Å². The lowest BCUT2D eigenvalue weighted by molar-refractivity contribution is -0.123. The first-order valence-corrected chi connectivity index (χ1v) is 8.81. The van der Waals surface area contributed by atoms with Crippen LogP contribution >= 0.6 is 24.0 Å². The Balaban J connectivity index is 0.00000192. The predicted octanol–water partition coefficient (Wildman–Crippen LogP) is 4.24. The zero-order chi connectivity index (χ0) is 15.5. The Morgan fingerprint density at radius 2 is 1.83 bits per heavy atom. The highest BCUT2D eigenvalue weighted by Crippen LogP contribution is 2.38. The standard InChI is InChI=1S/C18H25ClN2O.ClH/c19-15-9-7-13(8-10-15)18(12-3-1-4-12)21-17(22)11-14-5-2-6-16(14)20;/h7-10,12,14,16,18H,1-6,11,20H2,(H,21,22);1H/t14-,16+,18?;/m0./s1. The van der Waals surface area contributed by atoms with Gasteiger partial charge in [-0.25, -0.2) is 0 Å². The number of carbonyl (C=O) groups is 1. The van der Waals surface area contributed by atoms with Crippen LogP contribution in [0.25, 0.3) is 0 Å². The lowest BCUT2D eigenvalue weighted by atomic mass is 9.77. The van der Waals surface area contributed by atoms with E-state index in [1.807, 2.05) is 24.3 Å². The summed E-state index contributed by atoms with van der Waals surface area (Å²) in [6, 6.07) is 8.20. The van der Waals surface area contributed by atoms with Gasteiger partial charge in [-0.1, -0.05) is 36.6 Å². The molecule has 0 aromatic heterocycles. The molecule has 1 unspecified atom stereocenters. The van der Waals surface area contributed by atoms with Crippen molar-refractivity contribution in [2.45, 2.75) is 57.0 Å². The summed E-state index contributed by atoms with van der Waals surface area (Å²) in [4.78, 5) is 12.4. The summed E-state index contributed by atoms with van der Waals surface area (Å²) in [5.74, 6) is 1.06. The first kappa shape index (κ1) is 18.6. The molecule has 0 radical (unpaired) electrons. The van der Waals surface area contributed by atoms with Crippen LogP contribution in [-0.4, -0.2) is 11.9 Å². The summed E-state index contributed by atoms with van der Waals surface area (Å²) in [6.07, 6.45) is 7.51. The third-order valence-corrected chi connectivity index (χ3v) is 5.58. The predicted molar refractivity (Wildman–Crippen MR) is 96.9 cm³/mol. The van der Waals surface area contributed by atoms with Crippen molar-refractivity contribution < 1.29 is 4.79 Å². The van der Waals surface area contributed by atoms with Crippen molar-refractivity contribution in [3.63, 3.8) is 0 Å². The van der Waals surface area contributed by atoms with Crippen LogP contribution in [0.2, 0.25) is 5.02 Å². The number of halogens is 2. The minimum atomic E-state index is 0. The fraction of sp³-hybridized carbons (Fsp3) is 0.611. The van der Waals surface area contributed by atoms with Crippen LogP contribution in [0.3, 0.4) is 0 Å². The maximum atomic E-state index is 12.4. The highest BCUT2D eigenvalue weighted by molar-refractivity contribution is 6.30. The van der Waals surface area contributed by atoms with Gasteiger partial charge in [-0.2, -0.15) is 0 Å². The van der Waals surface area contributed by atoms with Gasteiger partial charge in [0.15, 0.2) is 0 Å². The molecule has 2 aliphatic carbocycles. The minimum absolute atomic E-state index is 0. The van der Waals surface area contributed by atoms with Crippen LogP contribution in [-0.2, 0) is 4.79 Å². The topological polar surface area (TPSA) is 55.1 Å². The summed E-state index contributed by atoms with van der Waals surface area (Å²) < 4.78 is 0. The van der Waals surface area contributed by atoms with Crippen molar-refractivity contribution in [2.24, 2.45) is 17.6 Å². The van der Waals surface area contributed by atoms with Gasteiger partial charge in [-0.3, -0.25) is 4.79 Å². The molecule has 2 fully saturated rings. The Hall–Kier alpha value is -0.770. The van der Waals surface area contributed by atoms with Gasteiger partial charge in [0.1, 0.15) is 0 Å². The molecule has 0 bridgehead atoms. The molecular weight excluding hydrogens is 331 g/mol. The highest BCUT2D eigenvalue weighted by Gasteiger charge is 2.31. The van der Waals surface area contributed by atoms with Gasteiger partial charge in [-0.15, -0.1) is 12.4 Å². The highest BCUT2D eigenvalue weighted by atomic mass is 35.5. The van der Waals surface area contributed by atoms with E-state index in [2.05, 4.69) is 5.32 Å². The van der Waals surface area contributed by atoms with E-state index in [1.165, 1.54) is 19.3 Å². The van der Waals surface area contributed by atoms with Crippen molar-refractivity contribution in [2.75, 3.05) is 0 Å². The molecule has 0 aliphatic heterocycles. The second kappa shape index (κ2) is 8.36. The normalized spacial score (nSPS) is 25.3. The summed E-state index contributed by atoms with van der Waals surface area (Å²) in [7, 11) is 0. The Morgan fingerprint density at radius 1 is 1.17 bits per heavy atom. The van der Waals surface area contributed by atoms with Gasteiger partial charge in [0.05, 0.1) is 6.04 Å². The third-order valence-electron chi connectivity index (χ3n) is 5.33. The largest absolute Gasteiger partial charge is 0.349 e. The van der Waals surface area contributed by atoms with Crippen LogP contribution in [0.5, 0.6) is 0 Å². The van der Waals surface area contributed by atoms with Crippen LogP contribution in [0.4, 0.5) is 0 Å². The lowest BCUT2D eigenvalue weighted by Crippen LogP contribution is -2.38. The third kappa shape index (κ3) is 4.62. The number of hydrogen-bond acceptors (Lipinski definition) is 2. The Kier molecular flexibility index (Phi) is 6.75. The van der Waals surface area contributed by atoms with Gasteiger partial charge in [0.2, 0.25) is 5.91 Å². The molecule has 2 aliphatic rings. The molecule has 23 heavy (non-hydrogen) atoms. The molecule has 3 rings (SSSR count). The molecule has 2 saturated carbocycles. The maximum Gasteiger partial charge on any atom is 0.220 e. The number of benzene rings is 1. The molecule has 0 heterocycles. The molecule has 3 N–H and O–H groups in total. The van der Waals surface area contributed by atoms with Gasteiger partial charge in [-0.05, 0) is 55.2 Å². The number of amides is 1. The monoisotopic (exact) mass is 356 g/mol. The number of hydrogen-bond donors (Lipinski definition) is 2. The summed E-state index contributed by atoms with van der Waals surface area (Å²) >= 11 is 5.98. The van der Waals surface area contributed by atoms with Crippen molar-refractivity contribution in [3.05, 3.63) is 34.9 Å². The van der Waals surface area contributed by atoms with E-state index in [-0.39, 0.29) is 30.4 Å².